The number of carbonyl (C=O) groups excluding carboxylic acids is 2. The van der Waals surface area contributed by atoms with E-state index in [4.69, 9.17) is 10.5 Å². The third-order valence-corrected chi connectivity index (χ3v) is 2.84. The van der Waals surface area contributed by atoms with E-state index in [0.717, 1.165) is 0 Å². The number of anilines is 2. The predicted molar refractivity (Wildman–Crippen MR) is 83.4 cm³/mol. The largest absolute Gasteiger partial charge is 0.495 e. The van der Waals surface area contributed by atoms with E-state index in [1.807, 2.05) is 13.8 Å². The van der Waals surface area contributed by atoms with Crippen molar-refractivity contribution in [1.82, 2.24) is 0 Å². The van der Waals surface area contributed by atoms with Gasteiger partial charge in [-0.3, -0.25) is 9.59 Å². The van der Waals surface area contributed by atoms with Crippen LogP contribution in [0.2, 0.25) is 0 Å². The van der Waals surface area contributed by atoms with E-state index in [9.17, 15) is 9.59 Å². The van der Waals surface area contributed by atoms with Gasteiger partial charge in [-0.05, 0) is 30.5 Å². The lowest BCUT2D eigenvalue weighted by atomic mass is 10.0. The Morgan fingerprint density at radius 2 is 1.95 bits per heavy atom. The Labute approximate surface area is 125 Å². The molecule has 0 aliphatic rings. The molecule has 1 aromatic rings. The molecule has 116 valence electrons. The molecule has 2 amide bonds. The zero-order chi connectivity index (χ0) is 16.0. The van der Waals surface area contributed by atoms with Crippen LogP contribution in [-0.4, -0.2) is 25.0 Å². The molecule has 0 radical (unpaired) electrons. The van der Waals surface area contributed by atoms with Crippen LogP contribution in [-0.2, 0) is 9.59 Å². The van der Waals surface area contributed by atoms with E-state index < -0.39 is 6.04 Å². The van der Waals surface area contributed by atoms with Gasteiger partial charge in [0.05, 0.1) is 18.8 Å². The first-order chi connectivity index (χ1) is 9.83. The molecule has 0 aliphatic heterocycles. The van der Waals surface area contributed by atoms with Crippen molar-refractivity contribution in [2.24, 2.45) is 11.7 Å². The van der Waals surface area contributed by atoms with Gasteiger partial charge in [0.1, 0.15) is 5.75 Å². The molecule has 21 heavy (non-hydrogen) atoms. The summed E-state index contributed by atoms with van der Waals surface area (Å²) in [5.41, 5.74) is 6.91. The number of nitrogens with two attached hydrogens (primary N) is 1. The standard InChI is InChI=1S/C15H23N3O3/c1-9(2)7-12(16)15(20)18-13-8-11(17-10(3)19)5-6-14(13)21-4/h5-6,8-9,12H,7,16H2,1-4H3,(H,17,19)(H,18,20)/t12-/m0/s1. The maximum Gasteiger partial charge on any atom is 0.241 e. The predicted octanol–water partition coefficient (Wildman–Crippen LogP) is 1.97. The summed E-state index contributed by atoms with van der Waals surface area (Å²) < 4.78 is 5.20. The number of benzene rings is 1. The number of nitrogens with one attached hydrogen (secondary N) is 2. The normalized spacial score (nSPS) is 11.9. The van der Waals surface area contributed by atoms with E-state index in [1.54, 1.807) is 18.2 Å². The highest BCUT2D eigenvalue weighted by molar-refractivity contribution is 5.97. The van der Waals surface area contributed by atoms with Crippen LogP contribution in [0, 0.1) is 5.92 Å². The first-order valence-corrected chi connectivity index (χ1v) is 6.85. The van der Waals surface area contributed by atoms with Crippen LogP contribution >= 0.6 is 0 Å². The van der Waals surface area contributed by atoms with E-state index in [0.29, 0.717) is 29.5 Å². The molecule has 6 heteroatoms. The van der Waals surface area contributed by atoms with Gasteiger partial charge in [-0.1, -0.05) is 13.8 Å². The van der Waals surface area contributed by atoms with Crippen molar-refractivity contribution >= 4 is 23.2 Å². The number of rotatable bonds is 6. The Kier molecular flexibility index (Phi) is 6.17. The van der Waals surface area contributed by atoms with Gasteiger partial charge in [-0.25, -0.2) is 0 Å². The molecule has 0 aliphatic carbocycles. The number of hydrogen-bond donors (Lipinski definition) is 3. The van der Waals surface area contributed by atoms with Gasteiger partial charge < -0.3 is 21.1 Å². The summed E-state index contributed by atoms with van der Waals surface area (Å²) in [7, 11) is 1.51. The van der Waals surface area contributed by atoms with Gasteiger partial charge in [0.2, 0.25) is 11.8 Å². The summed E-state index contributed by atoms with van der Waals surface area (Å²) in [6.07, 6.45) is 0.597. The number of hydrogen-bond acceptors (Lipinski definition) is 4. The second kappa shape index (κ2) is 7.64. The van der Waals surface area contributed by atoms with Crippen molar-refractivity contribution in [3.05, 3.63) is 18.2 Å². The zero-order valence-corrected chi connectivity index (χ0v) is 12.9. The second-order valence-corrected chi connectivity index (χ2v) is 5.32. The average Bonchev–Trinajstić information content (AvgIpc) is 2.37. The third kappa shape index (κ3) is 5.43. The van der Waals surface area contributed by atoms with Crippen LogP contribution in [0.4, 0.5) is 11.4 Å². The Bertz CT molecular complexity index is 515. The lowest BCUT2D eigenvalue weighted by Crippen LogP contribution is -2.36. The Balaban J connectivity index is 2.89. The fourth-order valence-electron chi connectivity index (χ4n) is 1.93. The minimum atomic E-state index is -0.584. The summed E-state index contributed by atoms with van der Waals surface area (Å²) in [5.74, 6) is 0.378. The van der Waals surface area contributed by atoms with Crippen molar-refractivity contribution < 1.29 is 14.3 Å². The molecule has 1 aromatic carbocycles. The molecule has 0 unspecified atom stereocenters. The topological polar surface area (TPSA) is 93.5 Å². The minimum absolute atomic E-state index is 0.186. The summed E-state index contributed by atoms with van der Waals surface area (Å²) in [5, 5.41) is 5.39. The molecular weight excluding hydrogens is 270 g/mol. The van der Waals surface area contributed by atoms with Gasteiger partial charge in [0.25, 0.3) is 0 Å². The Morgan fingerprint density at radius 3 is 2.48 bits per heavy atom. The monoisotopic (exact) mass is 293 g/mol. The van der Waals surface area contributed by atoms with Crippen molar-refractivity contribution in [1.29, 1.82) is 0 Å². The van der Waals surface area contributed by atoms with E-state index in [1.165, 1.54) is 14.0 Å². The first kappa shape index (κ1) is 17.0. The fourth-order valence-corrected chi connectivity index (χ4v) is 1.93. The van der Waals surface area contributed by atoms with E-state index >= 15 is 0 Å². The highest BCUT2D eigenvalue weighted by Gasteiger charge is 2.17. The lowest BCUT2D eigenvalue weighted by Gasteiger charge is -2.16. The smallest absolute Gasteiger partial charge is 0.241 e. The van der Waals surface area contributed by atoms with Crippen LogP contribution in [0.15, 0.2) is 18.2 Å². The van der Waals surface area contributed by atoms with E-state index in [2.05, 4.69) is 10.6 Å². The van der Waals surface area contributed by atoms with Crippen LogP contribution < -0.4 is 21.1 Å². The lowest BCUT2D eigenvalue weighted by molar-refractivity contribution is -0.117. The molecule has 1 rings (SSSR count). The van der Waals surface area contributed by atoms with E-state index in [-0.39, 0.29) is 11.8 Å². The summed E-state index contributed by atoms with van der Waals surface area (Å²) >= 11 is 0. The van der Waals surface area contributed by atoms with Gasteiger partial charge in [-0.15, -0.1) is 0 Å². The number of methoxy groups -OCH3 is 1. The quantitative estimate of drug-likeness (QED) is 0.747. The minimum Gasteiger partial charge on any atom is -0.495 e. The molecule has 1 atom stereocenters. The highest BCUT2D eigenvalue weighted by Crippen LogP contribution is 2.28. The molecule has 0 heterocycles. The molecule has 0 spiro atoms. The molecule has 0 fully saturated rings. The molecule has 0 saturated carbocycles. The maximum absolute atomic E-state index is 12.1. The van der Waals surface area contributed by atoms with Crippen molar-refractivity contribution in [2.45, 2.75) is 33.2 Å². The van der Waals surface area contributed by atoms with Gasteiger partial charge in [0, 0.05) is 12.6 Å². The van der Waals surface area contributed by atoms with Gasteiger partial charge >= 0.3 is 0 Å². The molecule has 0 bridgehead atoms. The van der Waals surface area contributed by atoms with Crippen LogP contribution in [0.25, 0.3) is 0 Å². The summed E-state index contributed by atoms with van der Waals surface area (Å²) in [6.45, 7) is 5.43. The molecule has 4 N–H and O–H groups in total. The molecule has 6 nitrogen and oxygen atoms in total. The second-order valence-electron chi connectivity index (χ2n) is 5.32. The SMILES string of the molecule is COc1ccc(NC(C)=O)cc1NC(=O)[C@@H](N)CC(C)C. The summed E-state index contributed by atoms with van der Waals surface area (Å²) in [6, 6.07) is 4.43. The van der Waals surface area contributed by atoms with Crippen LogP contribution in [0.5, 0.6) is 5.75 Å². The number of ether oxygens (including phenoxy) is 1. The fraction of sp³-hybridized carbons (Fsp3) is 0.467. The van der Waals surface area contributed by atoms with Crippen LogP contribution in [0.3, 0.4) is 0 Å². The van der Waals surface area contributed by atoms with Crippen molar-refractivity contribution in [3.8, 4) is 5.75 Å². The molecule has 0 aromatic heterocycles. The number of carbonyl (C=O) groups is 2. The van der Waals surface area contributed by atoms with Gasteiger partial charge in [-0.2, -0.15) is 0 Å². The maximum atomic E-state index is 12.1. The highest BCUT2D eigenvalue weighted by atomic mass is 16.5. The van der Waals surface area contributed by atoms with Crippen LogP contribution in [0.1, 0.15) is 27.2 Å². The Morgan fingerprint density at radius 1 is 1.29 bits per heavy atom. The zero-order valence-electron chi connectivity index (χ0n) is 12.9. The average molecular weight is 293 g/mol. The van der Waals surface area contributed by atoms with Gasteiger partial charge in [0.15, 0.2) is 0 Å². The molecule has 0 saturated heterocycles. The van der Waals surface area contributed by atoms with Crippen molar-refractivity contribution in [3.63, 3.8) is 0 Å². The number of amides is 2. The first-order valence-electron chi connectivity index (χ1n) is 6.85. The third-order valence-electron chi connectivity index (χ3n) is 2.84. The Hall–Kier alpha value is -2.08. The molecular formula is C15H23N3O3. The summed E-state index contributed by atoms with van der Waals surface area (Å²) in [4.78, 5) is 23.2. The van der Waals surface area contributed by atoms with Crippen molar-refractivity contribution in [2.75, 3.05) is 17.7 Å².